The molecule has 20 heavy (non-hydrogen) atoms. The van der Waals surface area contributed by atoms with Crippen LogP contribution in [0.4, 0.5) is 0 Å². The van der Waals surface area contributed by atoms with Crippen LogP contribution in [0.1, 0.15) is 24.6 Å². The van der Waals surface area contributed by atoms with Crippen LogP contribution >= 0.6 is 0 Å². The Hall–Kier alpha value is -1.76. The van der Waals surface area contributed by atoms with E-state index in [0.717, 1.165) is 37.4 Å². The molecule has 1 saturated heterocycles. The van der Waals surface area contributed by atoms with Gasteiger partial charge in [0.15, 0.2) is 0 Å². The van der Waals surface area contributed by atoms with Crippen molar-refractivity contribution in [3.05, 3.63) is 42.2 Å². The summed E-state index contributed by atoms with van der Waals surface area (Å²) in [5.41, 5.74) is 4.71. The molecule has 0 saturated carbocycles. The standard InChI is InChI=1S/C14H19N5O/c15-17-14(11-6-8-20-9-7-11)13-10-16-19(18-13)12-4-2-1-3-5-12/h1-5,10-11,14,17H,6-9,15H2. The number of ether oxygens (including phenoxy) is 1. The summed E-state index contributed by atoms with van der Waals surface area (Å²) in [5.74, 6) is 6.16. The van der Waals surface area contributed by atoms with Crippen LogP contribution in [0.2, 0.25) is 0 Å². The van der Waals surface area contributed by atoms with Crippen molar-refractivity contribution in [2.45, 2.75) is 18.9 Å². The minimum absolute atomic E-state index is 0.0244. The Kier molecular flexibility index (Phi) is 4.05. The molecule has 1 atom stereocenters. The summed E-state index contributed by atoms with van der Waals surface area (Å²) in [7, 11) is 0. The molecule has 2 heterocycles. The van der Waals surface area contributed by atoms with E-state index in [1.54, 1.807) is 11.0 Å². The largest absolute Gasteiger partial charge is 0.381 e. The van der Waals surface area contributed by atoms with E-state index in [0.29, 0.717) is 5.92 Å². The topological polar surface area (TPSA) is 78.0 Å². The molecule has 0 spiro atoms. The van der Waals surface area contributed by atoms with Crippen molar-refractivity contribution in [2.75, 3.05) is 13.2 Å². The number of para-hydroxylation sites is 1. The number of hydrogen-bond acceptors (Lipinski definition) is 5. The summed E-state index contributed by atoms with van der Waals surface area (Å²) in [4.78, 5) is 1.64. The van der Waals surface area contributed by atoms with Gasteiger partial charge in [-0.25, -0.2) is 0 Å². The lowest BCUT2D eigenvalue weighted by atomic mass is 9.90. The Bertz CT molecular complexity index is 536. The van der Waals surface area contributed by atoms with Crippen LogP contribution < -0.4 is 11.3 Å². The van der Waals surface area contributed by atoms with E-state index in [4.69, 9.17) is 10.6 Å². The highest BCUT2D eigenvalue weighted by Crippen LogP contribution is 2.28. The molecular formula is C14H19N5O. The number of aromatic nitrogens is 3. The maximum atomic E-state index is 5.72. The zero-order valence-corrected chi connectivity index (χ0v) is 11.3. The van der Waals surface area contributed by atoms with Crippen LogP contribution in [-0.2, 0) is 4.74 Å². The highest BCUT2D eigenvalue weighted by atomic mass is 16.5. The lowest BCUT2D eigenvalue weighted by molar-refractivity contribution is 0.0530. The van der Waals surface area contributed by atoms with Gasteiger partial charge in [0.05, 0.1) is 17.9 Å². The van der Waals surface area contributed by atoms with E-state index in [1.165, 1.54) is 0 Å². The Labute approximate surface area is 117 Å². The lowest BCUT2D eigenvalue weighted by Crippen LogP contribution is -2.36. The number of nitrogens with zero attached hydrogens (tertiary/aromatic N) is 3. The molecule has 0 amide bonds. The van der Waals surface area contributed by atoms with E-state index < -0.39 is 0 Å². The normalized spacial score (nSPS) is 18.1. The fraction of sp³-hybridized carbons (Fsp3) is 0.429. The third-order valence-electron chi connectivity index (χ3n) is 3.73. The predicted octanol–water partition coefficient (Wildman–Crippen LogP) is 1.20. The Morgan fingerprint density at radius 1 is 1.25 bits per heavy atom. The second-order valence-corrected chi connectivity index (χ2v) is 4.99. The number of benzene rings is 1. The average Bonchev–Trinajstić information content (AvgIpc) is 3.00. The Morgan fingerprint density at radius 2 is 2.00 bits per heavy atom. The van der Waals surface area contributed by atoms with Gasteiger partial charge in [-0.1, -0.05) is 18.2 Å². The number of hydrazine groups is 1. The van der Waals surface area contributed by atoms with Crippen molar-refractivity contribution in [1.82, 2.24) is 20.4 Å². The molecule has 2 aromatic rings. The molecule has 1 unspecified atom stereocenters. The fourth-order valence-corrected chi connectivity index (χ4v) is 2.62. The molecule has 1 fully saturated rings. The van der Waals surface area contributed by atoms with Crippen LogP contribution in [0.5, 0.6) is 0 Å². The van der Waals surface area contributed by atoms with Gasteiger partial charge >= 0.3 is 0 Å². The van der Waals surface area contributed by atoms with Crippen molar-refractivity contribution in [3.63, 3.8) is 0 Å². The van der Waals surface area contributed by atoms with Gasteiger partial charge in [0.1, 0.15) is 5.69 Å². The summed E-state index contributed by atoms with van der Waals surface area (Å²) in [6.07, 6.45) is 3.77. The van der Waals surface area contributed by atoms with Gasteiger partial charge in [0, 0.05) is 13.2 Å². The third kappa shape index (κ3) is 2.72. The lowest BCUT2D eigenvalue weighted by Gasteiger charge is -2.28. The quantitative estimate of drug-likeness (QED) is 0.646. The molecule has 0 aliphatic carbocycles. The van der Waals surface area contributed by atoms with Crippen LogP contribution in [0, 0.1) is 5.92 Å². The van der Waals surface area contributed by atoms with E-state index in [2.05, 4.69) is 15.6 Å². The van der Waals surface area contributed by atoms with Gasteiger partial charge in [0.2, 0.25) is 0 Å². The van der Waals surface area contributed by atoms with Gasteiger partial charge in [0.25, 0.3) is 0 Å². The molecule has 1 aliphatic rings. The van der Waals surface area contributed by atoms with Crippen LogP contribution in [0.25, 0.3) is 5.69 Å². The first-order chi connectivity index (χ1) is 9.88. The summed E-state index contributed by atoms with van der Waals surface area (Å²) >= 11 is 0. The number of hydrogen-bond donors (Lipinski definition) is 2. The minimum Gasteiger partial charge on any atom is -0.381 e. The first-order valence-corrected chi connectivity index (χ1v) is 6.90. The molecule has 3 rings (SSSR count). The molecule has 0 bridgehead atoms. The van der Waals surface area contributed by atoms with Gasteiger partial charge < -0.3 is 4.74 Å². The third-order valence-corrected chi connectivity index (χ3v) is 3.73. The van der Waals surface area contributed by atoms with Gasteiger partial charge in [-0.3, -0.25) is 11.3 Å². The maximum absolute atomic E-state index is 5.72. The first kappa shape index (κ1) is 13.2. The molecule has 6 nitrogen and oxygen atoms in total. The first-order valence-electron chi connectivity index (χ1n) is 6.90. The molecule has 1 aliphatic heterocycles. The molecule has 6 heteroatoms. The van der Waals surface area contributed by atoms with Crippen molar-refractivity contribution in [3.8, 4) is 5.69 Å². The van der Waals surface area contributed by atoms with Gasteiger partial charge in [-0.15, -0.1) is 0 Å². The summed E-state index contributed by atoms with van der Waals surface area (Å²) < 4.78 is 5.39. The molecule has 0 radical (unpaired) electrons. The molecule has 106 valence electrons. The monoisotopic (exact) mass is 273 g/mol. The molecular weight excluding hydrogens is 254 g/mol. The van der Waals surface area contributed by atoms with E-state index in [1.807, 2.05) is 30.3 Å². The molecule has 1 aromatic carbocycles. The van der Waals surface area contributed by atoms with E-state index in [9.17, 15) is 0 Å². The van der Waals surface area contributed by atoms with Crippen LogP contribution in [0.15, 0.2) is 36.5 Å². The van der Waals surface area contributed by atoms with Crippen LogP contribution in [0.3, 0.4) is 0 Å². The number of rotatable bonds is 4. The smallest absolute Gasteiger partial charge is 0.102 e. The Balaban J connectivity index is 1.80. The van der Waals surface area contributed by atoms with Gasteiger partial charge in [-0.05, 0) is 30.9 Å². The fourth-order valence-electron chi connectivity index (χ4n) is 2.62. The maximum Gasteiger partial charge on any atom is 0.102 e. The minimum atomic E-state index is 0.0244. The summed E-state index contributed by atoms with van der Waals surface area (Å²) in [5, 5.41) is 8.88. The molecule has 1 aromatic heterocycles. The number of nitrogens with two attached hydrogens (primary N) is 1. The second-order valence-electron chi connectivity index (χ2n) is 4.99. The summed E-state index contributed by atoms with van der Waals surface area (Å²) in [6, 6.07) is 9.88. The van der Waals surface area contributed by atoms with E-state index in [-0.39, 0.29) is 6.04 Å². The van der Waals surface area contributed by atoms with Gasteiger partial charge in [-0.2, -0.15) is 15.0 Å². The van der Waals surface area contributed by atoms with Crippen LogP contribution in [-0.4, -0.2) is 28.2 Å². The van der Waals surface area contributed by atoms with Crippen molar-refractivity contribution < 1.29 is 4.74 Å². The zero-order chi connectivity index (χ0) is 13.8. The Morgan fingerprint density at radius 3 is 2.70 bits per heavy atom. The van der Waals surface area contributed by atoms with Crippen molar-refractivity contribution in [1.29, 1.82) is 0 Å². The zero-order valence-electron chi connectivity index (χ0n) is 11.3. The number of nitrogens with one attached hydrogen (secondary N) is 1. The molecule has 3 N–H and O–H groups in total. The highest BCUT2D eigenvalue weighted by Gasteiger charge is 2.26. The predicted molar refractivity (Wildman–Crippen MR) is 75.0 cm³/mol. The average molecular weight is 273 g/mol. The van der Waals surface area contributed by atoms with Crippen molar-refractivity contribution >= 4 is 0 Å². The van der Waals surface area contributed by atoms with E-state index >= 15 is 0 Å². The summed E-state index contributed by atoms with van der Waals surface area (Å²) in [6.45, 7) is 1.57. The highest BCUT2D eigenvalue weighted by molar-refractivity contribution is 5.28. The van der Waals surface area contributed by atoms with Crippen molar-refractivity contribution in [2.24, 2.45) is 11.8 Å². The second kappa shape index (κ2) is 6.13. The SMILES string of the molecule is NNC(c1cnn(-c2ccccc2)n1)C1CCOCC1.